The van der Waals surface area contributed by atoms with Crippen molar-refractivity contribution in [2.24, 2.45) is 0 Å². The van der Waals surface area contributed by atoms with Crippen molar-refractivity contribution >= 4 is 13.5 Å². The Morgan fingerprint density at radius 2 is 0.203 bits per heavy atom. The SMILES string of the molecule is CC(F)(F)C(F)(F)C(F)(F)C(F)(F)C(F)(F)C(F)(F)C(F)(F)C(F)(F)C(F)(F)C(F)(F)C(F)(F)C(F)(F)C(F)(F)C(F)(F)C(F)(F)C(F)(F)C(F)(F)C(F)(F)C(F)(F)C(F)(F)C(F)(F)C(F)(F)F.S. The highest BCUT2D eigenvalue weighted by atomic mass is 32.1. The van der Waals surface area contributed by atoms with Crippen molar-refractivity contribution in [1.82, 2.24) is 0 Å². The molecule has 0 aromatic rings. The molecule has 0 heterocycles. The van der Waals surface area contributed by atoms with Crippen molar-refractivity contribution < 1.29 is 198 Å². The zero-order valence-corrected chi connectivity index (χ0v) is 30.5. The summed E-state index contributed by atoms with van der Waals surface area (Å²) in [5, 5.41) is 0. The van der Waals surface area contributed by atoms with Crippen LogP contribution in [0.1, 0.15) is 6.92 Å². The van der Waals surface area contributed by atoms with Crippen molar-refractivity contribution in [2.75, 3.05) is 0 Å². The van der Waals surface area contributed by atoms with E-state index in [1.165, 1.54) is 0 Å². The Balaban J connectivity index is 0. The zero-order valence-electron chi connectivity index (χ0n) is 29.5. The fraction of sp³-hybridized carbons (Fsp3) is 1.00. The molecule has 0 aliphatic heterocycles. The minimum atomic E-state index is -10.8. The summed E-state index contributed by atoms with van der Waals surface area (Å²) in [5.74, 6) is -211. The number of hydrogen-bond donors (Lipinski definition) is 0. The average Bonchev–Trinajstić information content (AvgIpc) is 3.08. The molecule has 0 spiro atoms. The van der Waals surface area contributed by atoms with E-state index in [1.54, 1.807) is 0 Å². The highest BCUT2D eigenvalue weighted by Gasteiger charge is 3.04. The van der Waals surface area contributed by atoms with Crippen LogP contribution in [0.2, 0.25) is 0 Å². The van der Waals surface area contributed by atoms with E-state index in [4.69, 9.17) is 0 Å². The van der Waals surface area contributed by atoms with Gasteiger partial charge in [-0.25, -0.2) is 0 Å². The van der Waals surface area contributed by atoms with Crippen LogP contribution in [-0.4, -0.2) is 131 Å². The Bertz CT molecular complexity index is 1700. The molecule has 0 N–H and O–H groups in total. The Morgan fingerprint density at radius 3 is 0.275 bits per heavy atom. The summed E-state index contributed by atoms with van der Waals surface area (Å²) >= 11 is 0. The lowest BCUT2D eigenvalue weighted by Crippen LogP contribution is -2.81. The van der Waals surface area contributed by atoms with E-state index in [0.29, 0.717) is 0 Å². The van der Waals surface area contributed by atoms with Crippen LogP contribution in [-0.2, 0) is 0 Å². The maximum Gasteiger partial charge on any atom is 0.460 e. The lowest BCUT2D eigenvalue weighted by Gasteiger charge is -2.47. The first-order chi connectivity index (χ1) is 28.2. The van der Waals surface area contributed by atoms with Gasteiger partial charge in [-0.05, 0) is 0 Å². The van der Waals surface area contributed by atoms with Crippen molar-refractivity contribution in [1.29, 1.82) is 0 Å². The standard InChI is InChI=1S/C23H3F45.H2S/c1-2(24,25)3(26,27)4(28,29)5(30,31)6(32,33)7(34,35)8(36,37)9(38,39)10(40,41)11(42,43)12(44,45)13(46,47)14(48,49)15(50,51)16(52,53)17(54,55)18(56,57)19(58,59)20(60,61)21(62,63)22(64,65)23(66,67)68;/h1H3;1H2. The molecule has 0 radical (unpaired) electrons. The van der Waals surface area contributed by atoms with Gasteiger partial charge >= 0.3 is 131 Å². The van der Waals surface area contributed by atoms with Gasteiger partial charge in [-0.1, -0.05) is 0 Å². The summed E-state index contributed by atoms with van der Waals surface area (Å²) in [6.07, 6.45) is -8.57. The second kappa shape index (κ2) is 16.1. The summed E-state index contributed by atoms with van der Waals surface area (Å²) < 4.78 is 611. The molecule has 0 amide bonds. The van der Waals surface area contributed by atoms with E-state index in [0.717, 1.165) is 0 Å². The third-order valence-corrected chi connectivity index (χ3v) is 8.40. The summed E-state index contributed by atoms with van der Waals surface area (Å²) in [7, 11) is 0. The van der Waals surface area contributed by atoms with Gasteiger partial charge in [0, 0.05) is 6.92 Å². The van der Waals surface area contributed by atoms with Gasteiger partial charge in [0.05, 0.1) is 0 Å². The zero-order chi connectivity index (χ0) is 57.0. The summed E-state index contributed by atoms with van der Waals surface area (Å²) in [4.78, 5) is 0. The van der Waals surface area contributed by atoms with E-state index in [2.05, 4.69) is 0 Å². The minimum absolute atomic E-state index is 0. The van der Waals surface area contributed by atoms with Gasteiger partial charge in [0.25, 0.3) is 0 Å². The predicted molar refractivity (Wildman–Crippen MR) is 126 cm³/mol. The maximum atomic E-state index is 14.0. The second-order valence-corrected chi connectivity index (χ2v) is 12.9. The Kier molecular flexibility index (Phi) is 15.9. The molecule has 0 aromatic carbocycles. The number of alkyl halides is 45. The molecular weight excluding hydrogens is 1160 g/mol. The average molecular weight is 1170 g/mol. The monoisotopic (exact) mass is 1170 g/mol. The quantitative estimate of drug-likeness (QED) is 0.107. The molecule has 0 nitrogen and oxygen atoms in total. The molecule has 0 aliphatic rings. The molecule has 0 fully saturated rings. The molecule has 0 saturated heterocycles. The smallest absolute Gasteiger partial charge is 0.200 e. The fourth-order valence-corrected chi connectivity index (χ4v) is 4.00. The third-order valence-electron chi connectivity index (χ3n) is 8.40. The van der Waals surface area contributed by atoms with Gasteiger partial charge in [0.15, 0.2) is 0 Å². The fourth-order valence-electron chi connectivity index (χ4n) is 4.00. The van der Waals surface area contributed by atoms with Gasteiger partial charge in [-0.15, -0.1) is 0 Å². The van der Waals surface area contributed by atoms with E-state index < -0.39 is 137 Å². The molecular formula is C23H5F45S. The normalized spacial score (nSPS) is 17.3. The van der Waals surface area contributed by atoms with Crippen LogP contribution in [0.25, 0.3) is 0 Å². The largest absolute Gasteiger partial charge is 0.460 e. The maximum absolute atomic E-state index is 14.0. The Labute approximate surface area is 349 Å². The van der Waals surface area contributed by atoms with Crippen molar-refractivity contribution in [3.8, 4) is 0 Å². The Hall–Kier alpha value is -2.80. The first-order valence-electron chi connectivity index (χ1n) is 14.3. The first-order valence-corrected chi connectivity index (χ1v) is 14.3. The molecule has 0 aliphatic carbocycles. The molecule has 0 saturated carbocycles. The van der Waals surface area contributed by atoms with Crippen LogP contribution in [0, 0.1) is 0 Å². The van der Waals surface area contributed by atoms with Gasteiger partial charge in [0.1, 0.15) is 0 Å². The van der Waals surface area contributed by atoms with E-state index in [1.807, 2.05) is 0 Å². The van der Waals surface area contributed by atoms with Crippen molar-refractivity contribution in [3.63, 3.8) is 0 Å². The number of rotatable bonds is 20. The molecule has 69 heavy (non-hydrogen) atoms. The van der Waals surface area contributed by atoms with Crippen LogP contribution in [0.5, 0.6) is 0 Å². The molecule has 0 atom stereocenters. The summed E-state index contributed by atoms with van der Waals surface area (Å²) in [6.45, 7) is -1.81. The van der Waals surface area contributed by atoms with Crippen LogP contribution >= 0.6 is 13.5 Å². The molecule has 46 heteroatoms. The second-order valence-electron chi connectivity index (χ2n) is 12.9. The van der Waals surface area contributed by atoms with Crippen molar-refractivity contribution in [3.05, 3.63) is 0 Å². The van der Waals surface area contributed by atoms with Gasteiger partial charge in [0.2, 0.25) is 0 Å². The summed E-state index contributed by atoms with van der Waals surface area (Å²) in [6, 6.07) is 0. The molecule has 0 bridgehead atoms. The van der Waals surface area contributed by atoms with E-state index in [-0.39, 0.29) is 13.5 Å². The van der Waals surface area contributed by atoms with Gasteiger partial charge in [-0.3, -0.25) is 0 Å². The number of hydrogen-bond acceptors (Lipinski definition) is 0. The van der Waals surface area contributed by atoms with Crippen molar-refractivity contribution in [2.45, 2.75) is 137 Å². The van der Waals surface area contributed by atoms with E-state index in [9.17, 15) is 198 Å². The van der Waals surface area contributed by atoms with Crippen LogP contribution in [0.15, 0.2) is 0 Å². The minimum Gasteiger partial charge on any atom is -0.200 e. The van der Waals surface area contributed by atoms with Crippen LogP contribution < -0.4 is 0 Å². The summed E-state index contributed by atoms with van der Waals surface area (Å²) in [5.41, 5.74) is 0. The molecule has 0 aromatic heterocycles. The predicted octanol–water partition coefficient (Wildman–Crippen LogP) is 15.0. The molecule has 418 valence electrons. The number of halogens is 45. The first kappa shape index (κ1) is 68.3. The molecule has 0 rings (SSSR count). The van der Waals surface area contributed by atoms with Gasteiger partial charge in [-0.2, -0.15) is 211 Å². The topological polar surface area (TPSA) is 0 Å². The highest BCUT2D eigenvalue weighted by Crippen LogP contribution is 2.72. The highest BCUT2D eigenvalue weighted by molar-refractivity contribution is 7.59. The van der Waals surface area contributed by atoms with E-state index >= 15 is 0 Å². The lowest BCUT2D eigenvalue weighted by atomic mass is 9.81. The lowest BCUT2D eigenvalue weighted by molar-refractivity contribution is -0.497. The van der Waals surface area contributed by atoms with Gasteiger partial charge < -0.3 is 0 Å². The molecule has 0 unspecified atom stereocenters. The van der Waals surface area contributed by atoms with Crippen LogP contribution in [0.4, 0.5) is 198 Å². The van der Waals surface area contributed by atoms with Crippen LogP contribution in [0.3, 0.4) is 0 Å². The third kappa shape index (κ3) is 7.51. The Morgan fingerprint density at radius 1 is 0.130 bits per heavy atom.